The predicted molar refractivity (Wildman–Crippen MR) is 119 cm³/mol. The average Bonchev–Trinajstić information content (AvgIpc) is 2.75. The van der Waals surface area contributed by atoms with E-state index in [4.69, 9.17) is 4.74 Å². The molecule has 1 heterocycles. The molecule has 3 aromatic rings. The fraction of sp³-hybridized carbons (Fsp3) is 0.250. The number of fused-ring (bicyclic) bond motifs is 1. The largest absolute Gasteiger partial charge is 0.452 e. The standard InChI is InChI=1S/C24H25N3O4/c1-15(2)13-25-23(29)18-9-5-7-11-21(18)27-22(28)14-31-24(30)19-12-16(3)26-20-10-6-4-8-17(19)20/h4-12,15H,13-14H2,1-3H3,(H,25,29)(H,27,28). The number of aryl methyl sites for hydroxylation is 1. The summed E-state index contributed by atoms with van der Waals surface area (Å²) in [5.74, 6) is -1.12. The number of benzene rings is 2. The summed E-state index contributed by atoms with van der Waals surface area (Å²) < 4.78 is 5.23. The van der Waals surface area contributed by atoms with Crippen molar-refractivity contribution in [1.82, 2.24) is 10.3 Å². The first-order chi connectivity index (χ1) is 14.8. The van der Waals surface area contributed by atoms with E-state index in [9.17, 15) is 14.4 Å². The fourth-order valence-corrected chi connectivity index (χ4v) is 3.05. The number of aromatic nitrogens is 1. The summed E-state index contributed by atoms with van der Waals surface area (Å²) in [7, 11) is 0. The number of ether oxygens (including phenoxy) is 1. The van der Waals surface area contributed by atoms with Crippen LogP contribution in [0.5, 0.6) is 0 Å². The quantitative estimate of drug-likeness (QED) is 0.569. The van der Waals surface area contributed by atoms with Gasteiger partial charge in [0.15, 0.2) is 6.61 Å². The molecule has 0 aliphatic carbocycles. The van der Waals surface area contributed by atoms with Crippen LogP contribution < -0.4 is 10.6 Å². The summed E-state index contributed by atoms with van der Waals surface area (Å²) in [5.41, 5.74) is 2.41. The minimum atomic E-state index is -0.611. The van der Waals surface area contributed by atoms with Gasteiger partial charge in [0.1, 0.15) is 0 Å². The molecule has 0 aliphatic heterocycles. The topological polar surface area (TPSA) is 97.4 Å². The van der Waals surface area contributed by atoms with Gasteiger partial charge in [-0.2, -0.15) is 0 Å². The van der Waals surface area contributed by atoms with Gasteiger partial charge in [0.2, 0.25) is 0 Å². The summed E-state index contributed by atoms with van der Waals surface area (Å²) in [5, 5.41) is 6.13. The zero-order valence-corrected chi connectivity index (χ0v) is 17.8. The molecule has 0 aliphatic rings. The lowest BCUT2D eigenvalue weighted by atomic mass is 10.1. The molecule has 0 bridgehead atoms. The van der Waals surface area contributed by atoms with Crippen molar-refractivity contribution in [2.75, 3.05) is 18.5 Å². The van der Waals surface area contributed by atoms with Gasteiger partial charge in [0.25, 0.3) is 11.8 Å². The van der Waals surface area contributed by atoms with E-state index >= 15 is 0 Å². The Morgan fingerprint density at radius 3 is 2.48 bits per heavy atom. The second-order valence-electron chi connectivity index (χ2n) is 7.60. The van der Waals surface area contributed by atoms with Gasteiger partial charge in [-0.3, -0.25) is 14.6 Å². The van der Waals surface area contributed by atoms with Gasteiger partial charge < -0.3 is 15.4 Å². The number of nitrogens with one attached hydrogen (secondary N) is 2. The SMILES string of the molecule is Cc1cc(C(=O)OCC(=O)Nc2ccccc2C(=O)NCC(C)C)c2ccccc2n1. The van der Waals surface area contributed by atoms with Crippen LogP contribution in [-0.2, 0) is 9.53 Å². The van der Waals surface area contributed by atoms with E-state index in [2.05, 4.69) is 15.6 Å². The Kier molecular flexibility index (Phi) is 6.97. The average molecular weight is 419 g/mol. The summed E-state index contributed by atoms with van der Waals surface area (Å²) in [6.45, 7) is 5.83. The molecule has 2 N–H and O–H groups in total. The van der Waals surface area contributed by atoms with Crippen LogP contribution in [-0.4, -0.2) is 35.9 Å². The minimum absolute atomic E-state index is 0.277. The highest BCUT2D eigenvalue weighted by atomic mass is 16.5. The molecule has 0 saturated carbocycles. The number of esters is 1. The number of nitrogens with zero attached hydrogens (tertiary/aromatic N) is 1. The van der Waals surface area contributed by atoms with Gasteiger partial charge in [-0.25, -0.2) is 4.79 Å². The molecule has 0 fully saturated rings. The highest BCUT2D eigenvalue weighted by Crippen LogP contribution is 2.19. The molecule has 0 atom stereocenters. The third-order valence-corrected chi connectivity index (χ3v) is 4.52. The second kappa shape index (κ2) is 9.84. The van der Waals surface area contributed by atoms with Crippen molar-refractivity contribution in [3.05, 3.63) is 71.4 Å². The predicted octanol–water partition coefficient (Wildman–Crippen LogP) is 3.72. The smallest absolute Gasteiger partial charge is 0.339 e. The van der Waals surface area contributed by atoms with Crippen LogP contribution in [0.25, 0.3) is 10.9 Å². The summed E-state index contributed by atoms with van der Waals surface area (Å²) in [4.78, 5) is 41.8. The molecule has 2 aromatic carbocycles. The highest BCUT2D eigenvalue weighted by Gasteiger charge is 2.17. The van der Waals surface area contributed by atoms with Gasteiger partial charge in [-0.05, 0) is 37.1 Å². The van der Waals surface area contributed by atoms with Crippen LogP contribution in [0.4, 0.5) is 5.69 Å². The third-order valence-electron chi connectivity index (χ3n) is 4.52. The number of para-hydroxylation sites is 2. The van der Waals surface area contributed by atoms with Crippen LogP contribution in [0, 0.1) is 12.8 Å². The van der Waals surface area contributed by atoms with E-state index in [0.29, 0.717) is 45.9 Å². The highest BCUT2D eigenvalue weighted by molar-refractivity contribution is 6.06. The zero-order valence-electron chi connectivity index (χ0n) is 17.8. The first-order valence-electron chi connectivity index (χ1n) is 10.1. The van der Waals surface area contributed by atoms with Crippen molar-refractivity contribution < 1.29 is 19.1 Å². The number of carbonyl (C=O) groups excluding carboxylic acids is 3. The maximum Gasteiger partial charge on any atom is 0.339 e. The maximum atomic E-state index is 12.6. The number of amides is 2. The number of pyridine rings is 1. The monoisotopic (exact) mass is 419 g/mol. The number of rotatable bonds is 7. The Hall–Kier alpha value is -3.74. The van der Waals surface area contributed by atoms with E-state index in [0.717, 1.165) is 0 Å². The van der Waals surface area contributed by atoms with E-state index in [1.807, 2.05) is 32.0 Å². The summed E-state index contributed by atoms with van der Waals surface area (Å²) >= 11 is 0. The van der Waals surface area contributed by atoms with Crippen LogP contribution >= 0.6 is 0 Å². The Morgan fingerprint density at radius 1 is 1.00 bits per heavy atom. The Morgan fingerprint density at radius 2 is 1.71 bits per heavy atom. The molecular formula is C24H25N3O4. The molecule has 0 spiro atoms. The molecule has 31 heavy (non-hydrogen) atoms. The van der Waals surface area contributed by atoms with Gasteiger partial charge in [-0.1, -0.05) is 44.2 Å². The van der Waals surface area contributed by atoms with Gasteiger partial charge in [0, 0.05) is 17.6 Å². The minimum Gasteiger partial charge on any atom is -0.452 e. The van der Waals surface area contributed by atoms with E-state index < -0.39 is 18.5 Å². The molecule has 0 radical (unpaired) electrons. The number of hydrogen-bond acceptors (Lipinski definition) is 5. The van der Waals surface area contributed by atoms with E-state index in [1.165, 1.54) is 0 Å². The van der Waals surface area contributed by atoms with Crippen molar-refractivity contribution in [2.45, 2.75) is 20.8 Å². The third kappa shape index (κ3) is 5.66. The molecule has 3 rings (SSSR count). The van der Waals surface area contributed by atoms with E-state index in [-0.39, 0.29) is 5.91 Å². The molecular weight excluding hydrogens is 394 g/mol. The lowest BCUT2D eigenvalue weighted by Gasteiger charge is -2.13. The summed E-state index contributed by atoms with van der Waals surface area (Å²) in [6.07, 6.45) is 0. The van der Waals surface area contributed by atoms with Gasteiger partial charge in [0.05, 0.1) is 22.3 Å². The van der Waals surface area contributed by atoms with Crippen molar-refractivity contribution >= 4 is 34.4 Å². The van der Waals surface area contributed by atoms with E-state index in [1.54, 1.807) is 43.3 Å². The fourth-order valence-electron chi connectivity index (χ4n) is 3.05. The lowest BCUT2D eigenvalue weighted by molar-refractivity contribution is -0.119. The second-order valence-corrected chi connectivity index (χ2v) is 7.60. The van der Waals surface area contributed by atoms with Crippen molar-refractivity contribution in [1.29, 1.82) is 0 Å². The normalized spacial score (nSPS) is 10.7. The first-order valence-corrected chi connectivity index (χ1v) is 10.1. The maximum absolute atomic E-state index is 12.6. The van der Waals surface area contributed by atoms with Crippen LogP contribution in [0.1, 0.15) is 40.3 Å². The molecule has 0 saturated heterocycles. The Bertz CT molecular complexity index is 1120. The molecule has 7 heteroatoms. The van der Waals surface area contributed by atoms with Crippen molar-refractivity contribution in [2.24, 2.45) is 5.92 Å². The van der Waals surface area contributed by atoms with Crippen LogP contribution in [0.2, 0.25) is 0 Å². The lowest BCUT2D eigenvalue weighted by Crippen LogP contribution is -2.29. The van der Waals surface area contributed by atoms with Crippen LogP contribution in [0.3, 0.4) is 0 Å². The summed E-state index contributed by atoms with van der Waals surface area (Å²) in [6, 6.07) is 15.6. The van der Waals surface area contributed by atoms with Crippen molar-refractivity contribution in [3.63, 3.8) is 0 Å². The molecule has 1 aromatic heterocycles. The van der Waals surface area contributed by atoms with Gasteiger partial charge >= 0.3 is 5.97 Å². The number of hydrogen-bond donors (Lipinski definition) is 2. The molecule has 160 valence electrons. The number of carbonyl (C=O) groups is 3. The Balaban J connectivity index is 1.66. The number of anilines is 1. The molecule has 0 unspecified atom stereocenters. The van der Waals surface area contributed by atoms with Crippen molar-refractivity contribution in [3.8, 4) is 0 Å². The van der Waals surface area contributed by atoms with Gasteiger partial charge in [-0.15, -0.1) is 0 Å². The molecule has 2 amide bonds. The Labute approximate surface area is 180 Å². The first kappa shape index (κ1) is 22.0. The molecule has 7 nitrogen and oxygen atoms in total. The van der Waals surface area contributed by atoms with Crippen LogP contribution in [0.15, 0.2) is 54.6 Å². The zero-order chi connectivity index (χ0) is 22.4.